The number of alkyl halides is 3. The highest BCUT2D eigenvalue weighted by Gasteiger charge is 2.30. The van der Waals surface area contributed by atoms with Gasteiger partial charge in [-0.1, -0.05) is 0 Å². The smallest absolute Gasteiger partial charge is 0.422 e. The van der Waals surface area contributed by atoms with Gasteiger partial charge in [0.2, 0.25) is 5.88 Å². The molecule has 0 bridgehead atoms. The second kappa shape index (κ2) is 6.06. The van der Waals surface area contributed by atoms with Gasteiger partial charge >= 0.3 is 6.18 Å². The van der Waals surface area contributed by atoms with E-state index in [0.717, 1.165) is 16.7 Å². The van der Waals surface area contributed by atoms with Crippen molar-refractivity contribution in [1.29, 1.82) is 0 Å². The number of nitrogens with one attached hydrogen (secondary N) is 2. The molecule has 3 heterocycles. The minimum atomic E-state index is -4.40. The Bertz CT molecular complexity index is 853. The van der Waals surface area contributed by atoms with Crippen LogP contribution in [0.15, 0.2) is 24.5 Å². The molecule has 0 saturated heterocycles. The first-order valence-electron chi connectivity index (χ1n) is 7.22. The molecule has 0 atom stereocenters. The summed E-state index contributed by atoms with van der Waals surface area (Å²) in [4.78, 5) is 7.25. The lowest BCUT2D eigenvalue weighted by atomic mass is 10.2. The van der Waals surface area contributed by atoms with E-state index in [2.05, 4.69) is 20.4 Å². The highest BCUT2D eigenvalue weighted by Crippen LogP contribution is 2.25. The average molecular weight is 339 g/mol. The third-order valence-corrected chi connectivity index (χ3v) is 3.53. The summed E-state index contributed by atoms with van der Waals surface area (Å²) in [5, 5.41) is 8.21. The SMILES string of the molecule is Cc1nn(C)c(OCC(F)(F)F)c1CNc1cnc2[nH]ccc2c1. The standard InChI is InChI=1S/C15H16F3N5O/c1-9-12(14(23(2)22-9)24-8-15(16,17)18)7-20-11-5-10-3-4-19-13(10)21-6-11/h3-6,20H,7-8H2,1-2H3,(H,19,21). The Labute approximate surface area is 135 Å². The number of hydrogen-bond donors (Lipinski definition) is 2. The number of fused-ring (bicyclic) bond motifs is 1. The van der Waals surface area contributed by atoms with Crippen LogP contribution in [0.5, 0.6) is 5.88 Å². The molecule has 0 aliphatic rings. The summed E-state index contributed by atoms with van der Waals surface area (Å²) < 4.78 is 43.4. The van der Waals surface area contributed by atoms with Crippen LogP contribution in [-0.4, -0.2) is 32.5 Å². The number of halogens is 3. The van der Waals surface area contributed by atoms with Gasteiger partial charge in [-0.25, -0.2) is 9.67 Å². The number of ether oxygens (including phenoxy) is 1. The molecular weight excluding hydrogens is 323 g/mol. The van der Waals surface area contributed by atoms with Crippen LogP contribution in [0.4, 0.5) is 18.9 Å². The maximum Gasteiger partial charge on any atom is 0.422 e. The van der Waals surface area contributed by atoms with Crippen LogP contribution < -0.4 is 10.1 Å². The number of aromatic amines is 1. The third-order valence-electron chi connectivity index (χ3n) is 3.53. The molecule has 9 heteroatoms. The van der Waals surface area contributed by atoms with Gasteiger partial charge < -0.3 is 15.0 Å². The van der Waals surface area contributed by atoms with Crippen LogP contribution in [-0.2, 0) is 13.6 Å². The zero-order valence-corrected chi connectivity index (χ0v) is 13.1. The first kappa shape index (κ1) is 16.2. The van der Waals surface area contributed by atoms with Gasteiger partial charge in [0.25, 0.3) is 0 Å². The van der Waals surface area contributed by atoms with E-state index in [1.54, 1.807) is 26.4 Å². The predicted octanol–water partition coefficient (Wildman–Crippen LogP) is 3.16. The highest BCUT2D eigenvalue weighted by molar-refractivity contribution is 5.78. The summed E-state index contributed by atoms with van der Waals surface area (Å²) >= 11 is 0. The van der Waals surface area contributed by atoms with E-state index < -0.39 is 12.8 Å². The van der Waals surface area contributed by atoms with Crippen molar-refractivity contribution >= 4 is 16.7 Å². The third kappa shape index (κ3) is 3.44. The lowest BCUT2D eigenvalue weighted by molar-refractivity contribution is -0.154. The minimum Gasteiger partial charge on any atom is -0.468 e. The summed E-state index contributed by atoms with van der Waals surface area (Å²) in [6.07, 6.45) is -0.956. The van der Waals surface area contributed by atoms with Crippen molar-refractivity contribution in [1.82, 2.24) is 19.7 Å². The normalized spacial score (nSPS) is 11.9. The quantitative estimate of drug-likeness (QED) is 0.749. The molecule has 6 nitrogen and oxygen atoms in total. The van der Waals surface area contributed by atoms with Crippen molar-refractivity contribution in [2.45, 2.75) is 19.6 Å². The molecular formula is C15H16F3N5O. The molecule has 0 spiro atoms. The van der Waals surface area contributed by atoms with E-state index in [1.807, 2.05) is 12.1 Å². The molecule has 0 aromatic carbocycles. The number of nitrogens with zero attached hydrogens (tertiary/aromatic N) is 3. The van der Waals surface area contributed by atoms with Crippen molar-refractivity contribution in [3.8, 4) is 5.88 Å². The second-order valence-corrected chi connectivity index (χ2v) is 5.39. The Kier molecular flexibility index (Phi) is 4.08. The summed E-state index contributed by atoms with van der Waals surface area (Å²) in [6, 6.07) is 3.79. The van der Waals surface area contributed by atoms with E-state index in [-0.39, 0.29) is 12.4 Å². The Hall–Kier alpha value is -2.71. The Morgan fingerprint density at radius 1 is 1.38 bits per heavy atom. The predicted molar refractivity (Wildman–Crippen MR) is 82.9 cm³/mol. The molecule has 0 radical (unpaired) electrons. The molecule has 0 amide bonds. The molecule has 0 fully saturated rings. The fourth-order valence-electron chi connectivity index (χ4n) is 2.44. The number of anilines is 1. The van der Waals surface area contributed by atoms with Crippen LogP contribution in [0.3, 0.4) is 0 Å². The molecule has 128 valence electrons. The van der Waals surface area contributed by atoms with Gasteiger partial charge in [0.15, 0.2) is 6.61 Å². The molecule has 0 aliphatic heterocycles. The average Bonchev–Trinajstić information content (AvgIpc) is 3.06. The number of aromatic nitrogens is 4. The molecule has 2 N–H and O–H groups in total. The lowest BCUT2D eigenvalue weighted by Crippen LogP contribution is -2.21. The minimum absolute atomic E-state index is 0.105. The van der Waals surface area contributed by atoms with Gasteiger partial charge in [0, 0.05) is 25.2 Å². The zero-order chi connectivity index (χ0) is 17.3. The fraction of sp³-hybridized carbons (Fsp3) is 0.333. The maximum atomic E-state index is 12.4. The van der Waals surface area contributed by atoms with Crippen molar-refractivity contribution in [2.24, 2.45) is 7.05 Å². The Balaban J connectivity index is 1.76. The van der Waals surface area contributed by atoms with Gasteiger partial charge in [0.05, 0.1) is 23.1 Å². The van der Waals surface area contributed by atoms with Crippen LogP contribution >= 0.6 is 0 Å². The summed E-state index contributed by atoms with van der Waals surface area (Å²) in [5.41, 5.74) is 2.72. The molecule has 0 aliphatic carbocycles. The van der Waals surface area contributed by atoms with Gasteiger partial charge in [-0.2, -0.15) is 18.3 Å². The topological polar surface area (TPSA) is 67.8 Å². The van der Waals surface area contributed by atoms with Gasteiger partial charge in [-0.3, -0.25) is 0 Å². The second-order valence-electron chi connectivity index (χ2n) is 5.39. The van der Waals surface area contributed by atoms with Crippen LogP contribution in [0.25, 0.3) is 11.0 Å². The first-order chi connectivity index (χ1) is 11.3. The highest BCUT2D eigenvalue weighted by atomic mass is 19.4. The van der Waals surface area contributed by atoms with Crippen molar-refractivity contribution in [3.05, 3.63) is 35.8 Å². The van der Waals surface area contributed by atoms with Crippen LogP contribution in [0.2, 0.25) is 0 Å². The van der Waals surface area contributed by atoms with E-state index >= 15 is 0 Å². The maximum absolute atomic E-state index is 12.4. The lowest BCUT2D eigenvalue weighted by Gasteiger charge is -2.12. The molecule has 24 heavy (non-hydrogen) atoms. The molecule has 0 unspecified atom stereocenters. The van der Waals surface area contributed by atoms with Gasteiger partial charge in [-0.15, -0.1) is 0 Å². The number of rotatable bonds is 5. The van der Waals surface area contributed by atoms with Crippen LogP contribution in [0, 0.1) is 6.92 Å². The summed E-state index contributed by atoms with van der Waals surface area (Å²) in [7, 11) is 1.55. The van der Waals surface area contributed by atoms with E-state index in [9.17, 15) is 13.2 Å². The number of aryl methyl sites for hydroxylation is 2. The largest absolute Gasteiger partial charge is 0.468 e. The van der Waals surface area contributed by atoms with E-state index in [4.69, 9.17) is 4.74 Å². The number of hydrogen-bond acceptors (Lipinski definition) is 4. The summed E-state index contributed by atoms with van der Waals surface area (Å²) in [5.74, 6) is 0.105. The molecule has 3 rings (SSSR count). The molecule has 3 aromatic heterocycles. The monoisotopic (exact) mass is 339 g/mol. The van der Waals surface area contributed by atoms with Crippen LogP contribution in [0.1, 0.15) is 11.3 Å². The van der Waals surface area contributed by atoms with Crippen molar-refractivity contribution in [3.63, 3.8) is 0 Å². The first-order valence-corrected chi connectivity index (χ1v) is 7.22. The number of pyridine rings is 1. The zero-order valence-electron chi connectivity index (χ0n) is 13.1. The summed E-state index contributed by atoms with van der Waals surface area (Å²) in [6.45, 7) is 0.658. The van der Waals surface area contributed by atoms with E-state index in [0.29, 0.717) is 11.3 Å². The molecule has 0 saturated carbocycles. The van der Waals surface area contributed by atoms with Gasteiger partial charge in [0.1, 0.15) is 5.65 Å². The van der Waals surface area contributed by atoms with Crippen molar-refractivity contribution < 1.29 is 17.9 Å². The molecule has 3 aromatic rings. The number of H-pyrrole nitrogens is 1. The van der Waals surface area contributed by atoms with Crippen molar-refractivity contribution in [2.75, 3.05) is 11.9 Å². The van der Waals surface area contributed by atoms with E-state index in [1.165, 1.54) is 4.68 Å². The van der Waals surface area contributed by atoms with Gasteiger partial charge in [-0.05, 0) is 19.1 Å². The Morgan fingerprint density at radius 3 is 2.92 bits per heavy atom. The Morgan fingerprint density at radius 2 is 2.17 bits per heavy atom. The fourth-order valence-corrected chi connectivity index (χ4v) is 2.44.